The highest BCUT2D eigenvalue weighted by molar-refractivity contribution is 6.06. The van der Waals surface area contributed by atoms with Gasteiger partial charge in [0.15, 0.2) is 0 Å². The van der Waals surface area contributed by atoms with E-state index in [1.54, 1.807) is 58.3 Å². The molecule has 97 heavy (non-hydrogen) atoms. The zero-order valence-electron chi connectivity index (χ0n) is 55.7. The highest BCUT2D eigenvalue weighted by atomic mass is 19.3. The van der Waals surface area contributed by atoms with Gasteiger partial charge in [0, 0.05) is 119 Å². The van der Waals surface area contributed by atoms with E-state index in [-0.39, 0.29) is 68.6 Å². The number of halogens is 2. The predicted molar refractivity (Wildman–Crippen MR) is 364 cm³/mol. The molecule has 25 nitrogen and oxygen atoms in total. The number of hydrogen-bond acceptors (Lipinski definition) is 18. The number of nitrogens with one attached hydrogen (secondary N) is 3. The Morgan fingerprint density at radius 3 is 1.84 bits per heavy atom. The minimum atomic E-state index is -2.88. The third kappa shape index (κ3) is 29.1. The number of nitro benzene ring substituents is 1. The quantitative estimate of drug-likeness (QED) is 0.0155. The number of methoxy groups -OCH3 is 1. The number of fused-ring (bicyclic) bond motifs is 2. The summed E-state index contributed by atoms with van der Waals surface area (Å²) >= 11 is 0. The fraction of sp³-hybridized carbons (Fsp3) is 0.443. The monoisotopic (exact) mass is 1350 g/mol. The molecular formula is C70H91F2N11O14. The van der Waals surface area contributed by atoms with E-state index < -0.39 is 47.1 Å². The highest BCUT2D eigenvalue weighted by Crippen LogP contribution is 2.36. The van der Waals surface area contributed by atoms with Gasteiger partial charge in [0.25, 0.3) is 11.6 Å². The number of nitriles is 1. The number of pyridine rings is 1. The molecule has 0 radical (unpaired) electrons. The second-order valence-corrected chi connectivity index (χ2v) is 22.9. The number of non-ortho nitro benzene ring substituents is 1. The lowest BCUT2D eigenvalue weighted by atomic mass is 9.87. The van der Waals surface area contributed by atoms with Crippen LogP contribution in [0.25, 0.3) is 32.8 Å². The number of hydrogen-bond donors (Lipinski definition) is 7. The van der Waals surface area contributed by atoms with E-state index in [1.807, 2.05) is 67.5 Å². The number of likely N-dealkylation sites (N-methyl/N-ethyl adjacent to an activating group) is 1. The number of nitro groups is 1. The lowest BCUT2D eigenvalue weighted by Crippen LogP contribution is -2.50. The highest BCUT2D eigenvalue weighted by Gasteiger charge is 2.30. The summed E-state index contributed by atoms with van der Waals surface area (Å²) in [6.07, 6.45) is 6.61. The minimum absolute atomic E-state index is 0.0216. The largest absolute Gasteiger partial charge is 0.497 e. The van der Waals surface area contributed by atoms with Crippen molar-refractivity contribution in [3.8, 4) is 28.7 Å². The number of nitrogens with two attached hydrogens (primary N) is 1. The number of benzene rings is 5. The van der Waals surface area contributed by atoms with Crippen LogP contribution in [-0.4, -0.2) is 211 Å². The Kier molecular flexibility index (Phi) is 35.2. The van der Waals surface area contributed by atoms with E-state index in [0.717, 1.165) is 55.9 Å². The number of nitrogens with zero attached hydrogens (tertiary/aromatic N) is 7. The summed E-state index contributed by atoms with van der Waals surface area (Å²) in [4.78, 5) is 101. The van der Waals surface area contributed by atoms with Crippen LogP contribution in [0, 0.1) is 27.4 Å². The average molecular weight is 1350 g/mol. The molecule has 2 atom stereocenters. The van der Waals surface area contributed by atoms with Gasteiger partial charge in [0.1, 0.15) is 23.8 Å². The van der Waals surface area contributed by atoms with Crippen LogP contribution < -0.4 is 31.2 Å². The molecule has 1 aromatic heterocycles. The van der Waals surface area contributed by atoms with E-state index in [4.69, 9.17) is 20.5 Å². The molecule has 1 saturated heterocycles. The Morgan fingerprint density at radius 1 is 0.773 bits per heavy atom. The number of aliphatic carboxylic acids is 3. The number of aromatic nitrogens is 1. The Hall–Kier alpha value is -9.59. The molecule has 8 rings (SSSR count). The summed E-state index contributed by atoms with van der Waals surface area (Å²) in [6.45, 7) is 8.17. The van der Waals surface area contributed by atoms with Gasteiger partial charge in [0.05, 0.1) is 62.0 Å². The zero-order valence-corrected chi connectivity index (χ0v) is 55.7. The normalized spacial score (nSPS) is 16.2. The van der Waals surface area contributed by atoms with Crippen LogP contribution in [-0.2, 0) is 35.2 Å². The van der Waals surface area contributed by atoms with Crippen LogP contribution in [0.15, 0.2) is 121 Å². The zero-order chi connectivity index (χ0) is 71.3. The molecule has 27 heteroatoms. The number of carboxylic acid groups (broad SMARTS) is 3. The maximum absolute atomic E-state index is 12.8. The van der Waals surface area contributed by atoms with Crippen LogP contribution in [0.2, 0.25) is 0 Å². The van der Waals surface area contributed by atoms with E-state index >= 15 is 0 Å². The second kappa shape index (κ2) is 42.8. The van der Waals surface area contributed by atoms with E-state index in [2.05, 4.69) is 58.1 Å². The van der Waals surface area contributed by atoms with Gasteiger partial charge in [-0.25, -0.2) is 8.78 Å². The molecule has 2 fully saturated rings. The lowest BCUT2D eigenvalue weighted by Gasteiger charge is -2.33. The van der Waals surface area contributed by atoms with Crippen LogP contribution in [0.4, 0.5) is 14.5 Å². The van der Waals surface area contributed by atoms with Crippen molar-refractivity contribution >= 4 is 69.8 Å². The summed E-state index contributed by atoms with van der Waals surface area (Å²) in [6, 6.07) is 37.0. The maximum atomic E-state index is 12.8. The van der Waals surface area contributed by atoms with Crippen LogP contribution in [0.5, 0.6) is 11.5 Å². The number of carbonyl (C=O) groups is 7. The van der Waals surface area contributed by atoms with Gasteiger partial charge in [-0.05, 0) is 97.8 Å². The molecule has 1 saturated carbocycles. The van der Waals surface area contributed by atoms with Gasteiger partial charge < -0.3 is 51.3 Å². The third-order valence-corrected chi connectivity index (χ3v) is 16.1. The van der Waals surface area contributed by atoms with Crippen molar-refractivity contribution < 1.29 is 72.1 Å². The number of para-hydroxylation sites is 1. The average Bonchev–Trinajstić information content (AvgIpc) is 0.792. The summed E-state index contributed by atoms with van der Waals surface area (Å²) in [5.41, 5.74) is 10.0. The molecule has 2 heterocycles. The molecule has 2 unspecified atom stereocenters. The first-order valence-electron chi connectivity index (χ1n) is 32.2. The van der Waals surface area contributed by atoms with Crippen molar-refractivity contribution in [2.45, 2.75) is 96.2 Å². The molecule has 8 N–H and O–H groups in total. The summed E-state index contributed by atoms with van der Waals surface area (Å²) < 4.78 is 37.0. The van der Waals surface area contributed by atoms with Gasteiger partial charge in [-0.2, -0.15) is 5.26 Å². The molecule has 0 spiro atoms. The molecular weight excluding hydrogens is 1260 g/mol. The smallest absolute Gasteiger partial charge is 0.317 e. The molecule has 6 aromatic rings. The van der Waals surface area contributed by atoms with Crippen molar-refractivity contribution in [3.05, 3.63) is 143 Å². The van der Waals surface area contributed by atoms with Crippen molar-refractivity contribution in [3.63, 3.8) is 0 Å². The number of carboxylic acids is 3. The number of alkyl halides is 2. The molecule has 2 aliphatic rings. The summed E-state index contributed by atoms with van der Waals surface area (Å²) in [5, 5.41) is 57.8. The van der Waals surface area contributed by atoms with Crippen molar-refractivity contribution in [1.82, 2.24) is 40.5 Å². The molecule has 1 aliphatic carbocycles. The third-order valence-electron chi connectivity index (χ3n) is 16.1. The van der Waals surface area contributed by atoms with Gasteiger partial charge in [-0.15, -0.1) is 0 Å². The standard InChI is InChI=1S/C32H31N3O3.C23H39N5O8.C7H10F2N2O.C6H5NO2.C2H6/c1-34-25(18-21-7-8-22-5-3-4-6-23(22)17-21)14-16-38-31-20-26(37-2)10-11-27(31)24-9-12-30-29(19-24)28(32(33)36)13-15-35-30;29-17-18-1-3-19(4-2-18)24-20(30)13-25-5-7-26(14-21(31)32)9-11-28(16-23(35)36)12-10-27(8-6-25)15-22(33)34;1-2-7(8,9)3-6(4-10)11-5-12;8-7(9)6-4-2-1-3-5-6;1-2/h3-13,15,17,19-20,25,34H,14,16,18H2,1-2H3,(H2,33,36);17-19H,1-16H2,(H,24,30)(H,31,32)(H,33,34)(H,35,36);5-6H,2-3H2,1H3,(H,11,12);1-5H;1-2H3. The summed E-state index contributed by atoms with van der Waals surface area (Å²) in [5.74, 6) is -5.02. The number of aldehydes is 1. The van der Waals surface area contributed by atoms with Gasteiger partial charge in [-0.3, -0.25) is 63.5 Å². The maximum Gasteiger partial charge on any atom is 0.317 e. The molecule has 5 aromatic carbocycles. The Bertz CT molecular complexity index is 3490. The molecule has 3 amide bonds. The lowest BCUT2D eigenvalue weighted by molar-refractivity contribution is -0.384. The Balaban J connectivity index is 0.000000312. The van der Waals surface area contributed by atoms with Crippen LogP contribution in [0.1, 0.15) is 81.6 Å². The van der Waals surface area contributed by atoms with Crippen LogP contribution in [0.3, 0.4) is 0 Å². The first-order chi connectivity index (χ1) is 46.5. The fourth-order valence-corrected chi connectivity index (χ4v) is 10.7. The number of amides is 3. The molecule has 524 valence electrons. The number of rotatable bonds is 26. The summed E-state index contributed by atoms with van der Waals surface area (Å²) in [7, 11) is 3.63. The first kappa shape index (κ1) is 79.8. The topological polar surface area (TPSA) is 354 Å². The van der Waals surface area contributed by atoms with Crippen molar-refractivity contribution in [1.29, 1.82) is 5.26 Å². The Labute approximate surface area is 564 Å². The second-order valence-electron chi connectivity index (χ2n) is 22.9. The van der Waals surface area contributed by atoms with Crippen LogP contribution >= 0.6 is 0 Å². The van der Waals surface area contributed by atoms with Crippen molar-refractivity contribution in [2.24, 2.45) is 11.7 Å². The van der Waals surface area contributed by atoms with Crippen molar-refractivity contribution in [2.75, 3.05) is 99.3 Å². The van der Waals surface area contributed by atoms with Gasteiger partial charge in [0.2, 0.25) is 18.2 Å². The van der Waals surface area contributed by atoms with Gasteiger partial charge >= 0.3 is 17.9 Å². The Morgan fingerprint density at radius 2 is 1.34 bits per heavy atom. The number of carbonyl (C=O) groups excluding carboxylic acids is 4. The SMILES string of the molecule is CC.CCC(F)(F)CC(C#N)NC=O.CNC(CCOc1cc(OC)ccc1-c1ccc2nccc(C(N)=O)c2c1)Cc1ccc2ccccc2c1.O=CC1CCC(NC(=O)CN2CCN(CC(=O)O)CCN(CC(=O)O)CCN(CC(=O)O)CC2)CC1.O=[N+]([O-])c1ccccc1. The number of primary amides is 1. The van der Waals surface area contributed by atoms with E-state index in [1.165, 1.54) is 35.4 Å². The van der Waals surface area contributed by atoms with Gasteiger partial charge in [-0.1, -0.05) is 87.5 Å². The van der Waals surface area contributed by atoms with E-state index in [0.29, 0.717) is 86.9 Å². The minimum Gasteiger partial charge on any atom is -0.497 e. The molecule has 0 bridgehead atoms. The fourth-order valence-electron chi connectivity index (χ4n) is 10.7. The molecule has 1 aliphatic heterocycles. The first-order valence-corrected chi connectivity index (χ1v) is 32.2. The van der Waals surface area contributed by atoms with E-state index in [9.17, 15) is 67.8 Å². The predicted octanol–water partition coefficient (Wildman–Crippen LogP) is 7.78. The number of ether oxygens (including phenoxy) is 2.